The molecule has 0 radical (unpaired) electrons. The molecular formula is C16H17N3O. The van der Waals surface area contributed by atoms with Crippen LogP contribution in [-0.4, -0.2) is 11.6 Å². The molecule has 20 heavy (non-hydrogen) atoms. The highest BCUT2D eigenvalue weighted by molar-refractivity contribution is 5.27. The molecule has 1 atom stereocenters. The molecule has 1 heterocycles. The van der Waals surface area contributed by atoms with Crippen LogP contribution in [0.5, 0.6) is 5.75 Å². The Morgan fingerprint density at radius 2 is 2.05 bits per heavy atom. The van der Waals surface area contributed by atoms with Gasteiger partial charge in [0.05, 0.1) is 5.69 Å². The minimum Gasteiger partial charge on any atom is -0.479 e. The van der Waals surface area contributed by atoms with E-state index in [4.69, 9.17) is 10.00 Å². The van der Waals surface area contributed by atoms with Crippen molar-refractivity contribution in [1.29, 1.82) is 5.26 Å². The second-order valence-corrected chi connectivity index (χ2v) is 4.45. The molecule has 1 aromatic carbocycles. The maximum Gasteiger partial charge on any atom is 0.174 e. The summed E-state index contributed by atoms with van der Waals surface area (Å²) in [7, 11) is 0. The first-order chi connectivity index (χ1) is 9.79. The third-order valence-electron chi connectivity index (χ3n) is 2.97. The molecule has 1 N–H and O–H groups in total. The Bertz CT molecular complexity index is 561. The van der Waals surface area contributed by atoms with E-state index in [1.54, 1.807) is 6.20 Å². The van der Waals surface area contributed by atoms with Crippen molar-refractivity contribution in [3.8, 4) is 11.8 Å². The predicted molar refractivity (Wildman–Crippen MR) is 77.0 cm³/mol. The first-order valence-electron chi connectivity index (χ1n) is 6.52. The van der Waals surface area contributed by atoms with Gasteiger partial charge in [-0.1, -0.05) is 18.2 Å². The third-order valence-corrected chi connectivity index (χ3v) is 2.97. The van der Waals surface area contributed by atoms with Gasteiger partial charge in [-0.2, -0.15) is 5.26 Å². The van der Waals surface area contributed by atoms with Crippen molar-refractivity contribution >= 4 is 0 Å². The summed E-state index contributed by atoms with van der Waals surface area (Å²) in [6.45, 7) is 2.93. The number of aromatic nitrogens is 1. The van der Waals surface area contributed by atoms with Crippen LogP contribution >= 0.6 is 0 Å². The van der Waals surface area contributed by atoms with E-state index in [9.17, 15) is 0 Å². The van der Waals surface area contributed by atoms with Crippen LogP contribution in [0.4, 0.5) is 0 Å². The summed E-state index contributed by atoms with van der Waals surface area (Å²) >= 11 is 0. The molecule has 0 saturated carbocycles. The lowest BCUT2D eigenvalue weighted by molar-refractivity contribution is 0.368. The van der Waals surface area contributed by atoms with Crippen molar-refractivity contribution in [3.63, 3.8) is 0 Å². The number of nitrogens with one attached hydrogen (secondary N) is 1. The number of pyridine rings is 1. The summed E-state index contributed by atoms with van der Waals surface area (Å²) in [6, 6.07) is 15.8. The fourth-order valence-electron chi connectivity index (χ4n) is 1.83. The van der Waals surface area contributed by atoms with Crippen LogP contribution in [0.1, 0.15) is 24.2 Å². The monoisotopic (exact) mass is 267 g/mol. The molecule has 0 aliphatic heterocycles. The van der Waals surface area contributed by atoms with Gasteiger partial charge in [0, 0.05) is 18.8 Å². The Morgan fingerprint density at radius 3 is 2.70 bits per heavy atom. The van der Waals surface area contributed by atoms with Gasteiger partial charge in [-0.05, 0) is 36.8 Å². The Kier molecular flexibility index (Phi) is 5.10. The molecule has 0 aliphatic carbocycles. The zero-order chi connectivity index (χ0) is 14.2. The van der Waals surface area contributed by atoms with E-state index < -0.39 is 0 Å². The minimum absolute atomic E-state index is 0.0777. The number of ether oxygens (including phenoxy) is 1. The number of rotatable bonds is 6. The second-order valence-electron chi connectivity index (χ2n) is 4.45. The van der Waals surface area contributed by atoms with E-state index in [0.29, 0.717) is 5.75 Å². The fourth-order valence-corrected chi connectivity index (χ4v) is 1.83. The van der Waals surface area contributed by atoms with Gasteiger partial charge in [-0.25, -0.2) is 0 Å². The van der Waals surface area contributed by atoms with Crippen molar-refractivity contribution in [1.82, 2.24) is 10.3 Å². The van der Waals surface area contributed by atoms with Gasteiger partial charge in [0.15, 0.2) is 6.61 Å². The number of hydrogen-bond donors (Lipinski definition) is 1. The van der Waals surface area contributed by atoms with E-state index in [0.717, 1.165) is 17.8 Å². The molecule has 4 heteroatoms. The molecule has 102 valence electrons. The summed E-state index contributed by atoms with van der Waals surface area (Å²) in [5.41, 5.74) is 2.19. The maximum absolute atomic E-state index is 8.44. The SMILES string of the molecule is CC(NCc1ccc(OCC#N)cc1)c1ccccn1. The largest absolute Gasteiger partial charge is 0.479 e. The van der Waals surface area contributed by atoms with Crippen LogP contribution in [0.2, 0.25) is 0 Å². The zero-order valence-corrected chi connectivity index (χ0v) is 11.4. The highest BCUT2D eigenvalue weighted by Crippen LogP contribution is 2.13. The number of nitrogens with zero attached hydrogens (tertiary/aromatic N) is 2. The molecule has 2 rings (SSSR count). The van der Waals surface area contributed by atoms with E-state index in [2.05, 4.69) is 17.2 Å². The molecule has 0 saturated heterocycles. The van der Waals surface area contributed by atoms with Gasteiger partial charge in [-0.3, -0.25) is 4.98 Å². The summed E-state index contributed by atoms with van der Waals surface area (Å²) in [5.74, 6) is 0.716. The van der Waals surface area contributed by atoms with Gasteiger partial charge < -0.3 is 10.1 Å². The average molecular weight is 267 g/mol. The average Bonchev–Trinajstić information content (AvgIpc) is 2.52. The summed E-state index contributed by atoms with van der Waals surface area (Å²) in [6.07, 6.45) is 1.80. The molecule has 0 fully saturated rings. The highest BCUT2D eigenvalue weighted by atomic mass is 16.5. The molecule has 1 unspecified atom stereocenters. The maximum atomic E-state index is 8.44. The lowest BCUT2D eigenvalue weighted by atomic mass is 10.1. The van der Waals surface area contributed by atoms with E-state index in [-0.39, 0.29) is 12.6 Å². The highest BCUT2D eigenvalue weighted by Gasteiger charge is 2.05. The summed E-state index contributed by atoms with van der Waals surface area (Å²) < 4.78 is 5.21. The van der Waals surface area contributed by atoms with Crippen LogP contribution in [0.15, 0.2) is 48.7 Å². The van der Waals surface area contributed by atoms with Crippen molar-refractivity contribution in [2.24, 2.45) is 0 Å². The van der Waals surface area contributed by atoms with Crippen LogP contribution in [0, 0.1) is 11.3 Å². The lowest BCUT2D eigenvalue weighted by Gasteiger charge is -2.13. The van der Waals surface area contributed by atoms with Crippen LogP contribution in [-0.2, 0) is 6.54 Å². The van der Waals surface area contributed by atoms with E-state index >= 15 is 0 Å². The fraction of sp³-hybridized carbons (Fsp3) is 0.250. The van der Waals surface area contributed by atoms with Crippen LogP contribution in [0.3, 0.4) is 0 Å². The molecule has 0 spiro atoms. The topological polar surface area (TPSA) is 57.9 Å². The molecule has 2 aromatic rings. The van der Waals surface area contributed by atoms with Gasteiger partial charge in [0.25, 0.3) is 0 Å². The van der Waals surface area contributed by atoms with Crippen molar-refractivity contribution in [3.05, 3.63) is 59.9 Å². The first kappa shape index (κ1) is 14.0. The third kappa shape index (κ3) is 4.08. The predicted octanol–water partition coefficient (Wildman–Crippen LogP) is 2.83. The normalized spacial score (nSPS) is 11.6. The summed E-state index contributed by atoms with van der Waals surface area (Å²) in [4.78, 5) is 4.33. The van der Waals surface area contributed by atoms with Gasteiger partial charge in [0.2, 0.25) is 0 Å². The Hall–Kier alpha value is -2.38. The summed E-state index contributed by atoms with van der Waals surface area (Å²) in [5, 5.41) is 11.9. The molecular weight excluding hydrogens is 250 g/mol. The first-order valence-corrected chi connectivity index (χ1v) is 6.52. The van der Waals surface area contributed by atoms with E-state index in [1.165, 1.54) is 0 Å². The Labute approximate surface area is 119 Å². The van der Waals surface area contributed by atoms with Crippen LogP contribution < -0.4 is 10.1 Å². The molecule has 0 aliphatic rings. The Morgan fingerprint density at radius 1 is 1.25 bits per heavy atom. The molecule has 4 nitrogen and oxygen atoms in total. The molecule has 0 bridgehead atoms. The standard InChI is InChI=1S/C16H17N3O/c1-13(16-4-2-3-10-18-16)19-12-14-5-7-15(8-6-14)20-11-9-17/h2-8,10,13,19H,11-12H2,1H3. The van der Waals surface area contributed by atoms with E-state index in [1.807, 2.05) is 48.5 Å². The van der Waals surface area contributed by atoms with Gasteiger partial charge in [-0.15, -0.1) is 0 Å². The second kappa shape index (κ2) is 7.27. The van der Waals surface area contributed by atoms with Crippen molar-refractivity contribution < 1.29 is 4.74 Å². The lowest BCUT2D eigenvalue weighted by Crippen LogP contribution is -2.18. The van der Waals surface area contributed by atoms with Crippen molar-refractivity contribution in [2.45, 2.75) is 19.5 Å². The number of benzene rings is 1. The van der Waals surface area contributed by atoms with Gasteiger partial charge >= 0.3 is 0 Å². The number of nitriles is 1. The zero-order valence-electron chi connectivity index (χ0n) is 11.4. The minimum atomic E-state index is 0.0777. The van der Waals surface area contributed by atoms with Crippen LogP contribution in [0.25, 0.3) is 0 Å². The Balaban J connectivity index is 1.86. The quantitative estimate of drug-likeness (QED) is 0.874. The van der Waals surface area contributed by atoms with Gasteiger partial charge in [0.1, 0.15) is 11.8 Å². The molecule has 1 aromatic heterocycles. The smallest absolute Gasteiger partial charge is 0.174 e. The van der Waals surface area contributed by atoms with Crippen molar-refractivity contribution in [2.75, 3.05) is 6.61 Å². The molecule has 0 amide bonds. The number of hydrogen-bond acceptors (Lipinski definition) is 4.